The molecule has 1 aliphatic heterocycles. The summed E-state index contributed by atoms with van der Waals surface area (Å²) in [6.45, 7) is 5.84. The standard InChI is InChI=1S/C28H29Cl2N3O2/c1-27(2,3)32-25(34)18-12-10-17(11-13-18)14-19-15-20(29)16-22-24(19)31-26(35)28(22,33(4)5)21-8-6-7-9-23(21)30/h6-13,15-16H,14H2,1-5H3,(H,31,35)(H,32,34). The van der Waals surface area contributed by atoms with E-state index < -0.39 is 5.54 Å². The molecule has 3 aromatic carbocycles. The first-order chi connectivity index (χ1) is 16.4. The molecule has 7 heteroatoms. The number of hydrogen-bond donors (Lipinski definition) is 2. The summed E-state index contributed by atoms with van der Waals surface area (Å²) in [7, 11) is 3.72. The van der Waals surface area contributed by atoms with Crippen molar-refractivity contribution in [2.45, 2.75) is 38.3 Å². The van der Waals surface area contributed by atoms with Gasteiger partial charge < -0.3 is 10.6 Å². The van der Waals surface area contributed by atoms with Crippen LogP contribution in [0.5, 0.6) is 0 Å². The number of carbonyl (C=O) groups is 2. The lowest BCUT2D eigenvalue weighted by Crippen LogP contribution is -2.48. The summed E-state index contributed by atoms with van der Waals surface area (Å²) in [5.41, 5.74) is 3.27. The van der Waals surface area contributed by atoms with Crippen molar-refractivity contribution in [1.82, 2.24) is 10.2 Å². The minimum absolute atomic E-state index is 0.115. The summed E-state index contributed by atoms with van der Waals surface area (Å²) in [6, 6.07) is 18.6. The maximum atomic E-state index is 13.6. The minimum atomic E-state index is -1.11. The molecular formula is C28H29Cl2N3O2. The average Bonchev–Trinajstić information content (AvgIpc) is 3.06. The SMILES string of the molecule is CN(C)C1(c2ccccc2Cl)C(=O)Nc2c(Cc3ccc(C(=O)NC(C)(C)C)cc3)cc(Cl)cc21. The Labute approximate surface area is 216 Å². The van der Waals surface area contributed by atoms with Crippen molar-refractivity contribution in [2.75, 3.05) is 19.4 Å². The maximum absolute atomic E-state index is 13.6. The third-order valence-electron chi connectivity index (χ3n) is 6.18. The van der Waals surface area contributed by atoms with Gasteiger partial charge in [0.1, 0.15) is 0 Å². The fourth-order valence-corrected chi connectivity index (χ4v) is 5.19. The molecule has 4 rings (SSSR count). The van der Waals surface area contributed by atoms with Gasteiger partial charge >= 0.3 is 0 Å². The topological polar surface area (TPSA) is 61.4 Å². The molecule has 2 N–H and O–H groups in total. The second-order valence-corrected chi connectivity index (χ2v) is 10.9. The number of likely N-dealkylation sites (N-methyl/N-ethyl adjacent to an activating group) is 1. The molecule has 0 saturated heterocycles. The summed E-state index contributed by atoms with van der Waals surface area (Å²) in [5.74, 6) is -0.293. The number of halogens is 2. The number of nitrogens with one attached hydrogen (secondary N) is 2. The van der Waals surface area contributed by atoms with E-state index in [1.54, 1.807) is 6.07 Å². The first kappa shape index (κ1) is 25.2. The van der Waals surface area contributed by atoms with Gasteiger partial charge in [0.2, 0.25) is 0 Å². The molecule has 1 heterocycles. The summed E-state index contributed by atoms with van der Waals surface area (Å²) in [4.78, 5) is 27.9. The quantitative estimate of drug-likeness (QED) is 0.452. The monoisotopic (exact) mass is 509 g/mol. The highest BCUT2D eigenvalue weighted by molar-refractivity contribution is 6.32. The van der Waals surface area contributed by atoms with E-state index in [1.165, 1.54) is 0 Å². The lowest BCUT2D eigenvalue weighted by molar-refractivity contribution is -0.123. The number of carbonyl (C=O) groups excluding carboxylic acids is 2. The van der Waals surface area contributed by atoms with Gasteiger partial charge in [0.25, 0.3) is 11.8 Å². The van der Waals surface area contributed by atoms with Crippen LogP contribution in [-0.4, -0.2) is 36.3 Å². The number of nitrogens with zero attached hydrogens (tertiary/aromatic N) is 1. The van der Waals surface area contributed by atoms with E-state index in [0.717, 1.165) is 22.4 Å². The third-order valence-corrected chi connectivity index (χ3v) is 6.72. The Hall–Kier alpha value is -2.86. The fourth-order valence-electron chi connectivity index (χ4n) is 4.68. The highest BCUT2D eigenvalue weighted by Gasteiger charge is 2.52. The molecule has 35 heavy (non-hydrogen) atoms. The average molecular weight is 510 g/mol. The molecule has 0 saturated carbocycles. The molecule has 1 aliphatic rings. The predicted molar refractivity (Wildman–Crippen MR) is 142 cm³/mol. The Bertz CT molecular complexity index is 1300. The molecule has 0 bridgehead atoms. The van der Waals surface area contributed by atoms with Crippen molar-refractivity contribution in [3.8, 4) is 0 Å². The Kier molecular flexibility index (Phi) is 6.71. The van der Waals surface area contributed by atoms with Crippen LogP contribution < -0.4 is 10.6 Å². The Morgan fingerprint density at radius 3 is 2.26 bits per heavy atom. The van der Waals surface area contributed by atoms with Crippen molar-refractivity contribution in [1.29, 1.82) is 0 Å². The predicted octanol–water partition coefficient (Wildman–Crippen LogP) is 5.87. The van der Waals surface area contributed by atoms with E-state index >= 15 is 0 Å². The highest BCUT2D eigenvalue weighted by Crippen LogP contribution is 2.49. The molecule has 1 atom stereocenters. The smallest absolute Gasteiger partial charge is 0.254 e. The molecule has 1 unspecified atom stereocenters. The molecular weight excluding hydrogens is 481 g/mol. The van der Waals surface area contributed by atoms with Gasteiger partial charge in [-0.3, -0.25) is 14.5 Å². The van der Waals surface area contributed by atoms with Crippen LogP contribution in [0.15, 0.2) is 60.7 Å². The van der Waals surface area contributed by atoms with Crippen molar-refractivity contribution in [3.63, 3.8) is 0 Å². The van der Waals surface area contributed by atoms with E-state index in [-0.39, 0.29) is 17.4 Å². The van der Waals surface area contributed by atoms with Crippen molar-refractivity contribution in [3.05, 3.63) is 98.5 Å². The maximum Gasteiger partial charge on any atom is 0.254 e. The molecule has 0 spiro atoms. The van der Waals surface area contributed by atoms with Crippen LogP contribution >= 0.6 is 23.2 Å². The second-order valence-electron chi connectivity index (χ2n) is 10.1. The first-order valence-electron chi connectivity index (χ1n) is 11.4. The van der Waals surface area contributed by atoms with Gasteiger partial charge in [-0.1, -0.05) is 53.5 Å². The molecule has 2 amide bonds. The number of fused-ring (bicyclic) bond motifs is 1. The lowest BCUT2D eigenvalue weighted by atomic mass is 9.81. The van der Waals surface area contributed by atoms with E-state index in [0.29, 0.717) is 27.6 Å². The largest absolute Gasteiger partial charge is 0.347 e. The van der Waals surface area contributed by atoms with E-state index in [1.807, 2.05) is 94.4 Å². The summed E-state index contributed by atoms with van der Waals surface area (Å²) in [5, 5.41) is 7.12. The Balaban J connectivity index is 1.74. The van der Waals surface area contributed by atoms with Gasteiger partial charge in [-0.2, -0.15) is 0 Å². The lowest BCUT2D eigenvalue weighted by Gasteiger charge is -2.35. The molecule has 182 valence electrons. The molecule has 5 nitrogen and oxygen atoms in total. The van der Waals surface area contributed by atoms with Crippen LogP contribution in [0.25, 0.3) is 0 Å². The van der Waals surface area contributed by atoms with Gasteiger partial charge in [0, 0.05) is 32.3 Å². The van der Waals surface area contributed by atoms with Crippen LogP contribution in [-0.2, 0) is 16.8 Å². The molecule has 0 radical (unpaired) electrons. The minimum Gasteiger partial charge on any atom is -0.347 e. The zero-order valence-electron chi connectivity index (χ0n) is 20.5. The number of benzene rings is 3. The van der Waals surface area contributed by atoms with Crippen molar-refractivity contribution in [2.24, 2.45) is 0 Å². The van der Waals surface area contributed by atoms with Crippen molar-refractivity contribution < 1.29 is 9.59 Å². The van der Waals surface area contributed by atoms with Crippen LogP contribution in [0.4, 0.5) is 5.69 Å². The molecule has 0 fully saturated rings. The Morgan fingerprint density at radius 1 is 1.00 bits per heavy atom. The van der Waals surface area contributed by atoms with Gasteiger partial charge in [0.05, 0.1) is 5.69 Å². The van der Waals surface area contributed by atoms with E-state index in [9.17, 15) is 9.59 Å². The van der Waals surface area contributed by atoms with Crippen LogP contribution in [0.3, 0.4) is 0 Å². The third kappa shape index (κ3) is 4.68. The normalized spacial score (nSPS) is 17.3. The van der Waals surface area contributed by atoms with Gasteiger partial charge in [-0.15, -0.1) is 0 Å². The number of rotatable bonds is 5. The second kappa shape index (κ2) is 9.30. The molecule has 0 aromatic heterocycles. The van der Waals surface area contributed by atoms with Gasteiger partial charge in [-0.05, 0) is 82.7 Å². The Morgan fingerprint density at radius 2 is 1.66 bits per heavy atom. The fraction of sp³-hybridized carbons (Fsp3) is 0.286. The van der Waals surface area contributed by atoms with Crippen molar-refractivity contribution >= 4 is 40.7 Å². The summed E-state index contributed by atoms with van der Waals surface area (Å²) >= 11 is 13.2. The van der Waals surface area contributed by atoms with E-state index in [4.69, 9.17) is 23.2 Å². The zero-order valence-corrected chi connectivity index (χ0v) is 22.0. The van der Waals surface area contributed by atoms with Crippen LogP contribution in [0, 0.1) is 0 Å². The molecule has 3 aromatic rings. The van der Waals surface area contributed by atoms with Gasteiger partial charge in [-0.25, -0.2) is 0 Å². The summed E-state index contributed by atoms with van der Waals surface area (Å²) in [6.07, 6.45) is 0.538. The van der Waals surface area contributed by atoms with Crippen LogP contribution in [0.2, 0.25) is 10.0 Å². The number of amides is 2. The molecule has 0 aliphatic carbocycles. The highest BCUT2D eigenvalue weighted by atomic mass is 35.5. The van der Waals surface area contributed by atoms with Gasteiger partial charge in [0.15, 0.2) is 5.54 Å². The van der Waals surface area contributed by atoms with Crippen LogP contribution in [0.1, 0.15) is 53.4 Å². The zero-order chi connectivity index (χ0) is 25.5. The van der Waals surface area contributed by atoms with E-state index in [2.05, 4.69) is 10.6 Å². The number of anilines is 1. The number of hydrogen-bond acceptors (Lipinski definition) is 3. The first-order valence-corrected chi connectivity index (χ1v) is 12.2. The summed E-state index contributed by atoms with van der Waals surface area (Å²) < 4.78 is 0.